The topological polar surface area (TPSA) is 26.3 Å². The zero-order valence-electron chi connectivity index (χ0n) is 12.4. The Labute approximate surface area is 120 Å². The number of esters is 1. The van der Waals surface area contributed by atoms with Crippen LogP contribution in [0.4, 0.5) is 4.39 Å². The normalized spacial score (nSPS) is 20.9. The molecule has 1 rings (SSSR count). The van der Waals surface area contributed by atoms with Crippen molar-refractivity contribution >= 4 is 5.97 Å². The van der Waals surface area contributed by atoms with Gasteiger partial charge in [-0.1, -0.05) is 43.4 Å². The summed E-state index contributed by atoms with van der Waals surface area (Å²) in [7, 11) is 0. The number of halogens is 1. The van der Waals surface area contributed by atoms with Crippen molar-refractivity contribution in [3.05, 3.63) is 47.9 Å². The maximum atomic E-state index is 13.7. The summed E-state index contributed by atoms with van der Waals surface area (Å²) in [5, 5.41) is 0. The molecule has 20 heavy (non-hydrogen) atoms. The van der Waals surface area contributed by atoms with E-state index < -0.39 is 0 Å². The fourth-order valence-electron chi connectivity index (χ4n) is 1.94. The van der Waals surface area contributed by atoms with Crippen molar-refractivity contribution in [3.8, 4) is 0 Å². The van der Waals surface area contributed by atoms with E-state index in [4.69, 9.17) is 4.74 Å². The lowest BCUT2D eigenvalue weighted by molar-refractivity contribution is -0.147. The van der Waals surface area contributed by atoms with Gasteiger partial charge in [0.05, 0.1) is 6.42 Å². The minimum atomic E-state index is -0.374. The number of ether oxygens (including phenoxy) is 1. The molecule has 0 saturated heterocycles. The second-order valence-electron chi connectivity index (χ2n) is 5.14. The lowest BCUT2D eigenvalue weighted by atomic mass is 9.96. The van der Waals surface area contributed by atoms with Crippen molar-refractivity contribution in [2.24, 2.45) is 5.92 Å². The van der Waals surface area contributed by atoms with Crippen LogP contribution in [-0.4, -0.2) is 12.1 Å². The van der Waals surface area contributed by atoms with E-state index in [2.05, 4.69) is 0 Å². The summed E-state index contributed by atoms with van der Waals surface area (Å²) in [6.45, 7) is 5.72. The number of hydrogen-bond donors (Lipinski definition) is 0. The summed E-state index contributed by atoms with van der Waals surface area (Å²) in [6.07, 6.45) is 12.2. The van der Waals surface area contributed by atoms with Gasteiger partial charge in [0.15, 0.2) is 0 Å². The van der Waals surface area contributed by atoms with E-state index >= 15 is 0 Å². The molecule has 0 N–H and O–H groups in total. The molecule has 0 aromatic rings. The van der Waals surface area contributed by atoms with Crippen LogP contribution in [0.15, 0.2) is 47.9 Å². The minimum Gasteiger partial charge on any atom is -0.462 e. The predicted molar refractivity (Wildman–Crippen MR) is 79.8 cm³/mol. The van der Waals surface area contributed by atoms with Crippen molar-refractivity contribution in [2.45, 2.75) is 46.1 Å². The van der Waals surface area contributed by atoms with Crippen molar-refractivity contribution in [1.82, 2.24) is 0 Å². The SMILES string of the molecule is C/C=C\C=C/CC(C)OC(=O)CC1=C(F)CC(C)C=C1. The van der Waals surface area contributed by atoms with Gasteiger partial charge in [-0.25, -0.2) is 4.39 Å². The van der Waals surface area contributed by atoms with E-state index in [1.165, 1.54) is 0 Å². The van der Waals surface area contributed by atoms with Gasteiger partial charge >= 0.3 is 5.97 Å². The van der Waals surface area contributed by atoms with E-state index in [1.807, 2.05) is 51.2 Å². The molecule has 0 aromatic carbocycles. The summed E-state index contributed by atoms with van der Waals surface area (Å²) in [6, 6.07) is 0. The number of hydrogen-bond acceptors (Lipinski definition) is 2. The van der Waals surface area contributed by atoms with Crippen LogP contribution in [0.3, 0.4) is 0 Å². The van der Waals surface area contributed by atoms with Gasteiger partial charge in [0, 0.05) is 12.8 Å². The lowest BCUT2D eigenvalue weighted by Crippen LogP contribution is -2.15. The number of carbonyl (C=O) groups is 1. The van der Waals surface area contributed by atoms with Crippen LogP contribution in [0.2, 0.25) is 0 Å². The van der Waals surface area contributed by atoms with Gasteiger partial charge in [-0.05, 0) is 25.3 Å². The van der Waals surface area contributed by atoms with E-state index in [0.29, 0.717) is 18.4 Å². The molecule has 0 saturated carbocycles. The lowest BCUT2D eigenvalue weighted by Gasteiger charge is -2.15. The third kappa shape index (κ3) is 6.00. The number of carbonyl (C=O) groups excluding carboxylic acids is 1. The van der Waals surface area contributed by atoms with E-state index in [1.54, 1.807) is 6.08 Å². The molecular weight excluding hydrogens is 255 g/mol. The van der Waals surface area contributed by atoms with E-state index in [9.17, 15) is 9.18 Å². The molecule has 0 spiro atoms. The number of rotatable bonds is 6. The van der Waals surface area contributed by atoms with Gasteiger partial charge < -0.3 is 4.74 Å². The van der Waals surface area contributed by atoms with Crippen LogP contribution in [0.1, 0.15) is 40.0 Å². The Kier molecular flexibility index (Phi) is 6.99. The molecule has 0 bridgehead atoms. The molecule has 1 aliphatic rings. The number of allylic oxidation sites excluding steroid dienone is 6. The fourth-order valence-corrected chi connectivity index (χ4v) is 1.94. The van der Waals surface area contributed by atoms with Crippen LogP contribution in [0.25, 0.3) is 0 Å². The zero-order valence-corrected chi connectivity index (χ0v) is 12.4. The van der Waals surface area contributed by atoms with Gasteiger partial charge in [-0.3, -0.25) is 4.79 Å². The Balaban J connectivity index is 2.40. The second-order valence-corrected chi connectivity index (χ2v) is 5.14. The summed E-state index contributed by atoms with van der Waals surface area (Å²) >= 11 is 0. The maximum absolute atomic E-state index is 13.7. The van der Waals surface area contributed by atoms with Crippen LogP contribution in [0, 0.1) is 5.92 Å². The van der Waals surface area contributed by atoms with Gasteiger partial charge in [0.2, 0.25) is 0 Å². The Morgan fingerprint density at radius 2 is 2.30 bits per heavy atom. The largest absolute Gasteiger partial charge is 0.462 e. The molecular formula is C17H23FO2. The molecule has 0 aromatic heterocycles. The van der Waals surface area contributed by atoms with E-state index in [0.717, 1.165) is 0 Å². The van der Waals surface area contributed by atoms with Crippen LogP contribution in [-0.2, 0) is 9.53 Å². The highest BCUT2D eigenvalue weighted by atomic mass is 19.1. The molecule has 0 heterocycles. The van der Waals surface area contributed by atoms with Crippen LogP contribution >= 0.6 is 0 Å². The summed E-state index contributed by atoms with van der Waals surface area (Å²) in [4.78, 5) is 11.7. The first kappa shape index (κ1) is 16.4. The summed E-state index contributed by atoms with van der Waals surface area (Å²) in [5.41, 5.74) is 0.449. The predicted octanol–water partition coefficient (Wildman–Crippen LogP) is 4.65. The van der Waals surface area contributed by atoms with Gasteiger partial charge in [0.1, 0.15) is 11.9 Å². The average Bonchev–Trinajstić information content (AvgIpc) is 2.38. The highest BCUT2D eigenvalue weighted by molar-refractivity contribution is 5.73. The van der Waals surface area contributed by atoms with Crippen LogP contribution in [0.5, 0.6) is 0 Å². The van der Waals surface area contributed by atoms with Crippen molar-refractivity contribution in [2.75, 3.05) is 0 Å². The Morgan fingerprint density at radius 3 is 2.95 bits per heavy atom. The molecule has 0 radical (unpaired) electrons. The first-order chi connectivity index (χ1) is 9.52. The second kappa shape index (κ2) is 8.51. The van der Waals surface area contributed by atoms with Crippen molar-refractivity contribution in [1.29, 1.82) is 0 Å². The first-order valence-corrected chi connectivity index (χ1v) is 7.06. The Morgan fingerprint density at radius 1 is 1.55 bits per heavy atom. The van der Waals surface area contributed by atoms with E-state index in [-0.39, 0.29) is 30.2 Å². The highest BCUT2D eigenvalue weighted by Crippen LogP contribution is 2.26. The zero-order chi connectivity index (χ0) is 15.0. The first-order valence-electron chi connectivity index (χ1n) is 7.06. The fraction of sp³-hybridized carbons (Fsp3) is 0.471. The minimum absolute atomic E-state index is 0.0119. The third-order valence-electron chi connectivity index (χ3n) is 3.05. The van der Waals surface area contributed by atoms with Crippen molar-refractivity contribution in [3.63, 3.8) is 0 Å². The third-order valence-corrected chi connectivity index (χ3v) is 3.05. The summed E-state index contributed by atoms with van der Waals surface area (Å²) in [5.74, 6) is -0.371. The molecule has 0 fully saturated rings. The molecule has 110 valence electrons. The Hall–Kier alpha value is -1.64. The molecule has 2 atom stereocenters. The standard InChI is InChI=1S/C17H23FO2/c1-4-5-6-7-8-14(3)20-17(19)12-15-10-9-13(2)11-16(15)18/h4-7,9-10,13-14H,8,11-12H2,1-3H3/b5-4-,7-6-. The molecule has 3 heteroatoms. The monoisotopic (exact) mass is 278 g/mol. The quantitative estimate of drug-likeness (QED) is 0.522. The highest BCUT2D eigenvalue weighted by Gasteiger charge is 2.17. The van der Waals surface area contributed by atoms with Gasteiger partial charge in [-0.15, -0.1) is 0 Å². The van der Waals surface area contributed by atoms with Gasteiger partial charge in [-0.2, -0.15) is 0 Å². The average molecular weight is 278 g/mol. The molecule has 0 amide bonds. The van der Waals surface area contributed by atoms with Crippen LogP contribution < -0.4 is 0 Å². The van der Waals surface area contributed by atoms with Gasteiger partial charge in [0.25, 0.3) is 0 Å². The summed E-state index contributed by atoms with van der Waals surface area (Å²) < 4.78 is 18.9. The molecule has 2 nitrogen and oxygen atoms in total. The molecule has 2 unspecified atom stereocenters. The Bertz CT molecular complexity index is 444. The van der Waals surface area contributed by atoms with Crippen molar-refractivity contribution < 1.29 is 13.9 Å². The smallest absolute Gasteiger partial charge is 0.310 e. The maximum Gasteiger partial charge on any atom is 0.310 e. The molecule has 0 aliphatic heterocycles. The molecule has 1 aliphatic carbocycles.